The van der Waals surface area contributed by atoms with Crippen molar-refractivity contribution >= 4 is 51.4 Å². The number of hydrogen-bond acceptors (Lipinski definition) is 3. The smallest absolute Gasteiger partial charge is 0.0713 e. The van der Waals surface area contributed by atoms with Crippen molar-refractivity contribution in [2.75, 3.05) is 0 Å². The Morgan fingerprint density at radius 2 is 1.18 bits per heavy atom. The molecule has 4 aromatic carbocycles. The van der Waals surface area contributed by atoms with Crippen LogP contribution < -0.4 is 10.6 Å². The van der Waals surface area contributed by atoms with E-state index in [0.717, 1.165) is 61.0 Å². The second kappa shape index (κ2) is 16.9. The van der Waals surface area contributed by atoms with Gasteiger partial charge in [0.05, 0.1) is 22.4 Å². The predicted molar refractivity (Wildman–Crippen MR) is 281 cm³/mol. The first-order valence-corrected chi connectivity index (χ1v) is 24.1. The highest BCUT2D eigenvalue weighted by atomic mass is 15.0. The first-order chi connectivity index (χ1) is 33.7. The van der Waals surface area contributed by atoms with Crippen molar-refractivity contribution in [3.05, 3.63) is 228 Å². The molecular weight excluding hydrogens is 827 g/mol. The quantitative estimate of drug-likeness (QED) is 0.153. The van der Waals surface area contributed by atoms with Crippen molar-refractivity contribution in [1.29, 1.82) is 0 Å². The minimum Gasteiger partial charge on any atom is -0.313 e. The number of fused-ring (bicyclic) bond motifs is 6. The molecule has 0 saturated carbocycles. The van der Waals surface area contributed by atoms with Gasteiger partial charge in [0.1, 0.15) is 0 Å². The molecule has 0 aliphatic heterocycles. The van der Waals surface area contributed by atoms with Crippen LogP contribution in [-0.2, 0) is 6.42 Å². The Morgan fingerprint density at radius 3 is 1.84 bits per heavy atom. The van der Waals surface area contributed by atoms with Crippen molar-refractivity contribution in [2.45, 2.75) is 44.4 Å². The fourth-order valence-electron chi connectivity index (χ4n) is 11.2. The minimum atomic E-state index is 0.160. The average Bonchev–Trinajstić information content (AvgIpc) is 3.94. The maximum atomic E-state index is 5.14. The Hall–Kier alpha value is -8.15. The normalized spacial score (nSPS) is 17.4. The van der Waals surface area contributed by atoms with Gasteiger partial charge in [-0.15, -0.1) is 0 Å². The number of aromatic nitrogens is 5. The van der Waals surface area contributed by atoms with E-state index in [1.807, 2.05) is 49.1 Å². The highest BCUT2D eigenvalue weighted by molar-refractivity contribution is 5.97. The maximum Gasteiger partial charge on any atom is 0.0713 e. The van der Waals surface area contributed by atoms with Gasteiger partial charge < -0.3 is 9.13 Å². The van der Waals surface area contributed by atoms with Crippen LogP contribution in [0.4, 0.5) is 0 Å². The summed E-state index contributed by atoms with van der Waals surface area (Å²) >= 11 is 0. The Labute approximate surface area is 396 Å². The molecule has 0 fully saturated rings. The van der Waals surface area contributed by atoms with Gasteiger partial charge in [-0.05, 0) is 150 Å². The Bertz CT molecular complexity index is 3660. The highest BCUT2D eigenvalue weighted by Crippen LogP contribution is 2.43. The zero-order valence-corrected chi connectivity index (χ0v) is 37.8. The summed E-state index contributed by atoms with van der Waals surface area (Å²) in [6.07, 6.45) is 35.4. The van der Waals surface area contributed by atoms with Gasteiger partial charge in [0.2, 0.25) is 0 Å². The van der Waals surface area contributed by atoms with E-state index in [-0.39, 0.29) is 11.8 Å². The van der Waals surface area contributed by atoms with Crippen LogP contribution in [0, 0.1) is 5.92 Å². The second-order valence-electron chi connectivity index (χ2n) is 18.5. The van der Waals surface area contributed by atoms with Crippen molar-refractivity contribution in [1.82, 2.24) is 24.1 Å². The fraction of sp³-hybridized carbons (Fsp3) is 0.127. The SMILES string of the molecule is C1=Cc2c(c3cc(-c4ccccc4)ccc3n2C2=CC(C3=CCC(c4cc(-c5ccncc5)nc(-c5ccncc5)c4)C=C3)CC(n3c4c(c5cc(-c6ccccc6)ccc53)=CCCC=4)=C2)CC1. The lowest BCUT2D eigenvalue weighted by Gasteiger charge is -2.28. The summed E-state index contributed by atoms with van der Waals surface area (Å²) < 4.78 is 5.17. The number of nitrogens with zero attached hydrogens (tertiary/aromatic N) is 5. The van der Waals surface area contributed by atoms with Gasteiger partial charge in [0.15, 0.2) is 0 Å². The third-order valence-corrected chi connectivity index (χ3v) is 14.5. The van der Waals surface area contributed by atoms with E-state index in [1.54, 1.807) is 0 Å². The molecule has 5 nitrogen and oxygen atoms in total. The number of allylic oxidation sites excluding steroid dienone is 9. The molecule has 9 aromatic rings. The number of hydrogen-bond donors (Lipinski definition) is 0. The third kappa shape index (κ3) is 7.14. The van der Waals surface area contributed by atoms with Crippen LogP contribution in [0.25, 0.3) is 96.2 Å². The third-order valence-electron chi connectivity index (χ3n) is 14.5. The molecule has 0 spiro atoms. The van der Waals surface area contributed by atoms with E-state index < -0.39 is 0 Å². The van der Waals surface area contributed by atoms with Gasteiger partial charge in [-0.2, -0.15) is 0 Å². The monoisotopic (exact) mass is 875 g/mol. The maximum absolute atomic E-state index is 5.14. The van der Waals surface area contributed by atoms with E-state index in [4.69, 9.17) is 4.98 Å². The summed E-state index contributed by atoms with van der Waals surface area (Å²) in [6.45, 7) is 0. The molecule has 13 rings (SSSR count). The van der Waals surface area contributed by atoms with Crippen LogP contribution in [0.1, 0.15) is 54.8 Å². The molecule has 326 valence electrons. The lowest BCUT2D eigenvalue weighted by Crippen LogP contribution is -2.31. The summed E-state index contributed by atoms with van der Waals surface area (Å²) in [6, 6.07) is 48.5. The zero-order valence-electron chi connectivity index (χ0n) is 37.8. The number of rotatable bonds is 8. The summed E-state index contributed by atoms with van der Waals surface area (Å²) in [5.41, 5.74) is 19.5. The zero-order chi connectivity index (χ0) is 45.0. The van der Waals surface area contributed by atoms with Crippen LogP contribution in [0.2, 0.25) is 0 Å². The van der Waals surface area contributed by atoms with Crippen molar-refractivity contribution in [2.24, 2.45) is 5.92 Å². The lowest BCUT2D eigenvalue weighted by molar-refractivity contribution is 0.737. The van der Waals surface area contributed by atoms with Crippen molar-refractivity contribution in [3.8, 4) is 44.8 Å². The summed E-state index contributed by atoms with van der Waals surface area (Å²) in [5, 5.41) is 5.33. The molecule has 5 aromatic heterocycles. The number of benzene rings is 4. The fourth-order valence-corrected chi connectivity index (χ4v) is 11.2. The molecule has 0 N–H and O–H groups in total. The van der Waals surface area contributed by atoms with Crippen LogP contribution in [0.5, 0.6) is 0 Å². The predicted octanol–water partition coefficient (Wildman–Crippen LogP) is 13.8. The standard InChI is InChI=1S/C63H49N5/c1-3-11-42(12-4-1)48-23-25-62-56(37-48)54-15-7-9-17-60(54)67(62)52-35-50(36-53(41-52)68-61-18-10-8-16-55(61)57-38-49(24-26-63(57)68)43-13-5-2-6-14-43)44-19-21-45(22-20-44)51-39-58(46-27-31-64-32-28-46)66-59(40-51)47-29-33-65-34-30-47/h1-6,9,11-14,16-21,23-35,37-41,45,50H,7-8,10,15,22,36H2. The second-order valence-corrected chi connectivity index (χ2v) is 18.5. The van der Waals surface area contributed by atoms with Crippen LogP contribution in [0.15, 0.2) is 200 Å². The molecule has 5 heterocycles. The first-order valence-electron chi connectivity index (χ1n) is 24.1. The van der Waals surface area contributed by atoms with Gasteiger partial charge in [-0.25, -0.2) is 4.98 Å². The lowest BCUT2D eigenvalue weighted by atomic mass is 9.82. The van der Waals surface area contributed by atoms with Crippen molar-refractivity contribution in [3.63, 3.8) is 0 Å². The summed E-state index contributed by atoms with van der Waals surface area (Å²) in [7, 11) is 0. The molecular formula is C63H49N5. The molecule has 2 atom stereocenters. The molecule has 2 unspecified atom stereocenters. The van der Waals surface area contributed by atoms with Crippen LogP contribution in [-0.4, -0.2) is 24.1 Å². The van der Waals surface area contributed by atoms with Gasteiger partial charge in [0.25, 0.3) is 0 Å². The largest absolute Gasteiger partial charge is 0.313 e. The Balaban J connectivity index is 0.946. The Kier molecular flexibility index (Phi) is 10.00. The molecule has 5 heteroatoms. The van der Waals surface area contributed by atoms with E-state index in [1.165, 1.54) is 88.4 Å². The van der Waals surface area contributed by atoms with E-state index in [0.29, 0.717) is 0 Å². The van der Waals surface area contributed by atoms with E-state index in [2.05, 4.69) is 183 Å². The molecule has 4 aliphatic carbocycles. The number of aryl methyl sites for hydroxylation is 1. The molecule has 0 amide bonds. The average molecular weight is 876 g/mol. The van der Waals surface area contributed by atoms with Crippen molar-refractivity contribution < 1.29 is 0 Å². The van der Waals surface area contributed by atoms with Gasteiger partial charge in [0, 0.05) is 86.2 Å². The van der Waals surface area contributed by atoms with Crippen LogP contribution in [0.3, 0.4) is 0 Å². The number of pyridine rings is 3. The minimum absolute atomic E-state index is 0.160. The van der Waals surface area contributed by atoms with E-state index in [9.17, 15) is 0 Å². The Morgan fingerprint density at radius 1 is 0.529 bits per heavy atom. The van der Waals surface area contributed by atoms with Gasteiger partial charge >= 0.3 is 0 Å². The van der Waals surface area contributed by atoms with E-state index >= 15 is 0 Å². The molecule has 0 bridgehead atoms. The highest BCUT2D eigenvalue weighted by Gasteiger charge is 2.28. The van der Waals surface area contributed by atoms with Crippen LogP contribution >= 0.6 is 0 Å². The molecule has 68 heavy (non-hydrogen) atoms. The molecule has 4 aliphatic rings. The van der Waals surface area contributed by atoms with Gasteiger partial charge in [-0.3, -0.25) is 9.97 Å². The topological polar surface area (TPSA) is 48.5 Å². The summed E-state index contributed by atoms with van der Waals surface area (Å²) in [5.74, 6) is 0.367. The first kappa shape index (κ1) is 40.2. The van der Waals surface area contributed by atoms with Gasteiger partial charge in [-0.1, -0.05) is 115 Å². The molecule has 0 radical (unpaired) electrons. The molecule has 0 saturated heterocycles. The summed E-state index contributed by atoms with van der Waals surface area (Å²) in [4.78, 5) is 13.7.